The molecule has 0 aliphatic heterocycles. The van der Waals surface area contributed by atoms with Crippen molar-refractivity contribution >= 4 is 0 Å². The molecule has 0 heterocycles. The van der Waals surface area contributed by atoms with Crippen LogP contribution in [0.3, 0.4) is 0 Å². The van der Waals surface area contributed by atoms with Gasteiger partial charge in [-0.15, -0.1) is 10.5 Å². The van der Waals surface area contributed by atoms with Crippen LogP contribution in [-0.2, 0) is 4.84 Å². The highest BCUT2D eigenvalue weighted by molar-refractivity contribution is 4.63. The third-order valence-electron chi connectivity index (χ3n) is 1.81. The minimum atomic E-state index is 0.200. The summed E-state index contributed by atoms with van der Waals surface area (Å²) in [4.78, 5) is 14.5. The highest BCUT2D eigenvalue weighted by Crippen LogP contribution is 2.19. The monoisotopic (exact) mass is 144 g/mol. The standard InChI is InChI=1S/C6H12N2O2/c9-7-8-10-6-4-2-1-3-5-6/h6H,1-5H2,(H,8,9). The van der Waals surface area contributed by atoms with E-state index in [0.29, 0.717) is 0 Å². The molecule has 0 bridgehead atoms. The molecule has 4 heteroatoms. The van der Waals surface area contributed by atoms with Crippen molar-refractivity contribution < 1.29 is 4.84 Å². The van der Waals surface area contributed by atoms with E-state index in [1.165, 1.54) is 19.3 Å². The second-order valence-electron chi connectivity index (χ2n) is 2.56. The summed E-state index contributed by atoms with van der Waals surface area (Å²) in [5.74, 6) is 0. The van der Waals surface area contributed by atoms with Crippen molar-refractivity contribution in [1.82, 2.24) is 5.59 Å². The zero-order valence-electron chi connectivity index (χ0n) is 5.88. The maximum Gasteiger partial charge on any atom is 0.0873 e. The quantitative estimate of drug-likeness (QED) is 0.482. The van der Waals surface area contributed by atoms with E-state index < -0.39 is 0 Å². The summed E-state index contributed by atoms with van der Waals surface area (Å²) in [6.45, 7) is 0. The first-order valence-electron chi connectivity index (χ1n) is 3.66. The fourth-order valence-electron chi connectivity index (χ4n) is 1.28. The van der Waals surface area contributed by atoms with Gasteiger partial charge in [0.1, 0.15) is 0 Å². The summed E-state index contributed by atoms with van der Waals surface area (Å²) in [6.07, 6.45) is 5.97. The molecule has 0 atom stereocenters. The van der Waals surface area contributed by atoms with E-state index in [4.69, 9.17) is 4.84 Å². The van der Waals surface area contributed by atoms with Crippen LogP contribution in [0.4, 0.5) is 0 Å². The van der Waals surface area contributed by atoms with Gasteiger partial charge in [0.2, 0.25) is 0 Å². The Bertz CT molecular complexity index is 102. The largest absolute Gasteiger partial charge is 0.253 e. The molecule has 1 saturated carbocycles. The van der Waals surface area contributed by atoms with Crippen molar-refractivity contribution in [2.75, 3.05) is 0 Å². The lowest BCUT2D eigenvalue weighted by molar-refractivity contribution is -0.0417. The Morgan fingerprint density at radius 1 is 1.30 bits per heavy atom. The Hall–Kier alpha value is -0.640. The first-order valence-corrected chi connectivity index (χ1v) is 3.66. The minimum Gasteiger partial charge on any atom is -0.253 e. The fraction of sp³-hybridized carbons (Fsp3) is 1.00. The Balaban J connectivity index is 2.07. The lowest BCUT2D eigenvalue weighted by Gasteiger charge is -2.19. The predicted octanol–water partition coefficient (Wildman–Crippen LogP) is 1.52. The summed E-state index contributed by atoms with van der Waals surface area (Å²) in [7, 11) is 0. The number of rotatable bonds is 3. The molecule has 4 nitrogen and oxygen atoms in total. The number of nitroso groups, excluding NO2 is 1. The molecule has 0 unspecified atom stereocenters. The van der Waals surface area contributed by atoms with Crippen LogP contribution in [0.5, 0.6) is 0 Å². The van der Waals surface area contributed by atoms with E-state index >= 15 is 0 Å². The molecule has 1 N–H and O–H groups in total. The van der Waals surface area contributed by atoms with E-state index in [0.717, 1.165) is 12.8 Å². The Morgan fingerprint density at radius 3 is 2.60 bits per heavy atom. The number of hydrogen-bond acceptors (Lipinski definition) is 3. The highest BCUT2D eigenvalue weighted by Gasteiger charge is 2.13. The molecule has 1 aliphatic carbocycles. The third-order valence-corrected chi connectivity index (χ3v) is 1.81. The summed E-state index contributed by atoms with van der Waals surface area (Å²) in [6, 6.07) is 0. The zero-order chi connectivity index (χ0) is 7.23. The Kier molecular flexibility index (Phi) is 3.15. The zero-order valence-corrected chi connectivity index (χ0v) is 5.88. The van der Waals surface area contributed by atoms with E-state index in [-0.39, 0.29) is 6.10 Å². The summed E-state index contributed by atoms with van der Waals surface area (Å²) in [5, 5.41) is 2.41. The highest BCUT2D eigenvalue weighted by atomic mass is 16.7. The second kappa shape index (κ2) is 4.22. The van der Waals surface area contributed by atoms with Crippen LogP contribution in [-0.4, -0.2) is 6.10 Å². The van der Waals surface area contributed by atoms with Crippen molar-refractivity contribution in [2.24, 2.45) is 5.29 Å². The van der Waals surface area contributed by atoms with Crippen molar-refractivity contribution in [2.45, 2.75) is 38.2 Å². The summed E-state index contributed by atoms with van der Waals surface area (Å²) >= 11 is 0. The normalized spacial score (nSPS) is 20.4. The summed E-state index contributed by atoms with van der Waals surface area (Å²) in [5.41, 5.74) is 1.99. The van der Waals surface area contributed by atoms with Gasteiger partial charge in [-0.1, -0.05) is 19.3 Å². The lowest BCUT2D eigenvalue weighted by atomic mass is 9.98. The molecule has 0 amide bonds. The van der Waals surface area contributed by atoms with Crippen LogP contribution in [0, 0.1) is 4.91 Å². The van der Waals surface area contributed by atoms with E-state index in [2.05, 4.69) is 5.29 Å². The smallest absolute Gasteiger partial charge is 0.0873 e. The van der Waals surface area contributed by atoms with Crippen LogP contribution < -0.4 is 5.59 Å². The van der Waals surface area contributed by atoms with Gasteiger partial charge in [0, 0.05) is 0 Å². The van der Waals surface area contributed by atoms with Crippen molar-refractivity contribution in [1.29, 1.82) is 0 Å². The van der Waals surface area contributed by atoms with Crippen LogP contribution in [0.2, 0.25) is 0 Å². The van der Waals surface area contributed by atoms with Crippen LogP contribution in [0.1, 0.15) is 32.1 Å². The average molecular weight is 144 g/mol. The molecule has 58 valence electrons. The topological polar surface area (TPSA) is 50.7 Å². The maximum atomic E-state index is 9.56. The number of nitrogens with zero attached hydrogens (tertiary/aromatic N) is 1. The van der Waals surface area contributed by atoms with Crippen molar-refractivity contribution in [3.8, 4) is 0 Å². The van der Waals surface area contributed by atoms with Gasteiger partial charge >= 0.3 is 0 Å². The van der Waals surface area contributed by atoms with Crippen molar-refractivity contribution in [3.63, 3.8) is 0 Å². The van der Waals surface area contributed by atoms with Gasteiger partial charge in [-0.2, -0.15) is 0 Å². The van der Waals surface area contributed by atoms with Gasteiger partial charge in [0.25, 0.3) is 0 Å². The first-order chi connectivity index (χ1) is 4.93. The molecule has 0 aromatic rings. The van der Waals surface area contributed by atoms with Gasteiger partial charge in [0.15, 0.2) is 0 Å². The van der Waals surface area contributed by atoms with Crippen molar-refractivity contribution in [3.05, 3.63) is 4.91 Å². The Morgan fingerprint density at radius 2 is 2.00 bits per heavy atom. The average Bonchev–Trinajstić information content (AvgIpc) is 2.03. The molecule has 10 heavy (non-hydrogen) atoms. The molecular weight excluding hydrogens is 132 g/mol. The molecule has 1 fully saturated rings. The molecule has 0 spiro atoms. The predicted molar refractivity (Wildman–Crippen MR) is 36.9 cm³/mol. The summed E-state index contributed by atoms with van der Waals surface area (Å²) < 4.78 is 0. The number of hydrogen-bond donors (Lipinski definition) is 1. The molecular formula is C6H12N2O2. The van der Waals surface area contributed by atoms with Crippen LogP contribution in [0.25, 0.3) is 0 Å². The van der Waals surface area contributed by atoms with Crippen LogP contribution >= 0.6 is 0 Å². The lowest BCUT2D eigenvalue weighted by Crippen LogP contribution is -2.22. The van der Waals surface area contributed by atoms with Gasteiger partial charge in [-0.05, 0) is 12.8 Å². The van der Waals surface area contributed by atoms with E-state index in [1.54, 1.807) is 0 Å². The first kappa shape index (κ1) is 7.47. The SMILES string of the molecule is O=NNOC1CCCCC1. The van der Waals surface area contributed by atoms with Gasteiger partial charge in [-0.3, -0.25) is 4.84 Å². The number of nitrogens with one attached hydrogen (secondary N) is 1. The van der Waals surface area contributed by atoms with Crippen LogP contribution in [0.15, 0.2) is 5.29 Å². The van der Waals surface area contributed by atoms with E-state index in [1.807, 2.05) is 5.59 Å². The molecule has 0 saturated heterocycles. The minimum absolute atomic E-state index is 0.200. The van der Waals surface area contributed by atoms with E-state index in [9.17, 15) is 4.91 Å². The fourth-order valence-corrected chi connectivity index (χ4v) is 1.28. The third kappa shape index (κ3) is 2.31. The Labute approximate surface area is 59.8 Å². The molecule has 1 aliphatic rings. The maximum absolute atomic E-state index is 9.56. The van der Waals surface area contributed by atoms with Gasteiger partial charge < -0.3 is 0 Å². The molecule has 0 aromatic carbocycles. The molecule has 0 radical (unpaired) electrons. The molecule has 1 rings (SSSR count). The molecule has 0 aromatic heterocycles. The van der Waals surface area contributed by atoms with Gasteiger partial charge in [-0.25, -0.2) is 0 Å². The second-order valence-corrected chi connectivity index (χ2v) is 2.56. The van der Waals surface area contributed by atoms with Gasteiger partial charge in [0.05, 0.1) is 11.4 Å².